The van der Waals surface area contributed by atoms with Crippen LogP contribution >= 0.6 is 0 Å². The van der Waals surface area contributed by atoms with E-state index < -0.39 is 144 Å². The molecule has 1 aromatic heterocycles. The molecule has 0 atom stereocenters. The standard InChI is InChI=1S/C24BF20.C18H22NO/c26-5-1(6(27)14(35)21(42)13(5)34)25(2-7(28)15(36)22(43)16(37)8(2)29,3-9(30)17(38)23(44)18(39)10(3)31)4-11(32)19(40)24(45)20(41)12(4)33;1-2-3-5-8-16-11-13-19(14-12-16)15-18(20)17-9-6-4-7-10-17/h;4,6-7,9-14H,2-3,5,8,15H2,1H3/q-1;+1. The van der Waals surface area contributed by atoms with E-state index in [2.05, 4.69) is 19.1 Å². The van der Waals surface area contributed by atoms with Crippen molar-refractivity contribution in [1.82, 2.24) is 0 Å². The third kappa shape index (κ3) is 8.51. The fourth-order valence-corrected chi connectivity index (χ4v) is 7.09. The molecule has 0 spiro atoms. The minimum atomic E-state index is -7.22. The van der Waals surface area contributed by atoms with E-state index in [0.717, 1.165) is 12.0 Å². The SMILES string of the molecule is CCCCCc1cc[n+](CC(=O)c2ccccc2)cc1.Fc1c(F)c(F)c([B-](c2c(F)c(F)c(F)c(F)c2F)(c2c(F)c(F)c(F)c(F)c2F)c2c(F)c(F)c(F)c(F)c2F)c(F)c1F. The molecule has 0 aliphatic carbocycles. The third-order valence-electron chi connectivity index (χ3n) is 10.2. The molecule has 5 aromatic carbocycles. The maximum absolute atomic E-state index is 15.4. The smallest absolute Gasteiger partial charge is 0.227 e. The molecule has 1 heterocycles. The van der Waals surface area contributed by atoms with Gasteiger partial charge in [0.1, 0.15) is 52.7 Å². The van der Waals surface area contributed by atoms with Crippen LogP contribution in [0.3, 0.4) is 0 Å². The van der Waals surface area contributed by atoms with Crippen molar-refractivity contribution in [2.75, 3.05) is 0 Å². The fourth-order valence-electron chi connectivity index (χ4n) is 7.09. The molecule has 0 saturated carbocycles. The molecule has 0 radical (unpaired) electrons. The second-order valence-corrected chi connectivity index (χ2v) is 13.9. The number of rotatable bonds is 11. The second-order valence-electron chi connectivity index (χ2n) is 13.9. The van der Waals surface area contributed by atoms with Gasteiger partial charge in [-0.2, -0.15) is 4.57 Å². The van der Waals surface area contributed by atoms with E-state index in [4.69, 9.17) is 0 Å². The van der Waals surface area contributed by atoms with E-state index >= 15 is 35.1 Å². The molecule has 0 saturated heterocycles. The number of Topliss-reactive ketones (excluding diaryl/α,β-unsaturated/α-hetero) is 1. The van der Waals surface area contributed by atoms with Crippen LogP contribution < -0.4 is 26.4 Å². The van der Waals surface area contributed by atoms with Gasteiger partial charge in [0.25, 0.3) is 0 Å². The number of nitrogens with zero attached hydrogens (tertiary/aromatic N) is 1. The number of ketones is 1. The molecule has 0 unspecified atom stereocenters. The maximum Gasteiger partial charge on any atom is 0.227 e. The van der Waals surface area contributed by atoms with Gasteiger partial charge in [0.2, 0.25) is 12.3 Å². The molecular weight excluding hydrogens is 925 g/mol. The van der Waals surface area contributed by atoms with E-state index in [0.29, 0.717) is 6.54 Å². The molecule has 0 amide bonds. The zero-order valence-electron chi connectivity index (χ0n) is 32.2. The van der Waals surface area contributed by atoms with Gasteiger partial charge in [0, 0.05) is 17.7 Å². The van der Waals surface area contributed by atoms with Gasteiger partial charge in [-0.25, -0.2) is 87.8 Å². The predicted octanol–water partition coefficient (Wildman–Crippen LogP) is 9.44. The average Bonchev–Trinajstić information content (AvgIpc) is 3.30. The molecule has 0 fully saturated rings. The first-order valence-corrected chi connectivity index (χ1v) is 18.3. The normalized spacial score (nSPS) is 11.5. The van der Waals surface area contributed by atoms with Crippen LogP contribution in [-0.2, 0) is 13.0 Å². The van der Waals surface area contributed by atoms with Gasteiger partial charge in [0.15, 0.2) is 82.2 Å². The van der Waals surface area contributed by atoms with Gasteiger partial charge < -0.3 is 0 Å². The summed E-state index contributed by atoms with van der Waals surface area (Å²) in [7, 11) is 0. The van der Waals surface area contributed by atoms with E-state index in [1.54, 1.807) is 0 Å². The van der Waals surface area contributed by atoms with Crippen molar-refractivity contribution < 1.29 is 97.2 Å². The largest absolute Gasteiger partial charge is 0.287 e. The Labute approximate surface area is 352 Å². The first-order valence-electron chi connectivity index (χ1n) is 18.3. The fraction of sp³-hybridized carbons (Fsp3) is 0.143. The van der Waals surface area contributed by atoms with E-state index in [1.165, 1.54) is 24.8 Å². The molecule has 0 bridgehead atoms. The summed E-state index contributed by atoms with van der Waals surface area (Å²) in [6.07, 6.45) is 1.68. The lowest BCUT2D eigenvalue weighted by atomic mass is 9.12. The number of aromatic nitrogens is 1. The number of benzene rings is 5. The van der Waals surface area contributed by atoms with Crippen LogP contribution in [0.25, 0.3) is 0 Å². The van der Waals surface area contributed by atoms with Crippen LogP contribution in [0.1, 0.15) is 42.1 Å². The number of hydrogen-bond donors (Lipinski definition) is 0. The van der Waals surface area contributed by atoms with E-state index in [-0.39, 0.29) is 5.78 Å². The summed E-state index contributed by atoms with van der Waals surface area (Å²) in [5.41, 5.74) is -12.2. The van der Waals surface area contributed by atoms with Crippen molar-refractivity contribution in [2.45, 2.75) is 39.2 Å². The quantitative estimate of drug-likeness (QED) is 0.0242. The summed E-state index contributed by atoms with van der Waals surface area (Å²) in [6, 6.07) is 13.7. The van der Waals surface area contributed by atoms with Crippen molar-refractivity contribution in [1.29, 1.82) is 0 Å². The minimum absolute atomic E-state index is 0.148. The van der Waals surface area contributed by atoms with Crippen LogP contribution in [0.4, 0.5) is 87.8 Å². The zero-order valence-corrected chi connectivity index (χ0v) is 32.2. The van der Waals surface area contributed by atoms with Crippen molar-refractivity contribution >= 4 is 33.8 Å². The van der Waals surface area contributed by atoms with E-state index in [9.17, 15) is 57.5 Å². The first-order chi connectivity index (χ1) is 30.5. The van der Waals surface area contributed by atoms with Crippen LogP contribution in [0.2, 0.25) is 0 Å². The van der Waals surface area contributed by atoms with Crippen LogP contribution in [0.5, 0.6) is 0 Å². The summed E-state index contributed by atoms with van der Waals surface area (Å²) < 4.78 is 296. The molecule has 6 aromatic rings. The topological polar surface area (TPSA) is 20.9 Å². The zero-order chi connectivity index (χ0) is 48.6. The summed E-state index contributed by atoms with van der Waals surface area (Å²) in [6.45, 7) is 2.62. The Morgan fingerprint density at radius 2 is 0.677 bits per heavy atom. The summed E-state index contributed by atoms with van der Waals surface area (Å²) in [4.78, 5) is 12.1. The summed E-state index contributed by atoms with van der Waals surface area (Å²) in [5.74, 6) is -71.3. The van der Waals surface area contributed by atoms with Gasteiger partial charge >= 0.3 is 0 Å². The van der Waals surface area contributed by atoms with Gasteiger partial charge in [-0.1, -0.05) is 50.1 Å². The van der Waals surface area contributed by atoms with Crippen molar-refractivity contribution in [3.8, 4) is 0 Å². The molecule has 6 rings (SSSR count). The van der Waals surface area contributed by atoms with Gasteiger partial charge in [-0.3, -0.25) is 4.79 Å². The molecule has 0 aliphatic rings. The number of aryl methyl sites for hydroxylation is 1. The summed E-state index contributed by atoms with van der Waals surface area (Å²) in [5, 5.41) is 0. The summed E-state index contributed by atoms with van der Waals surface area (Å²) >= 11 is 0. The van der Waals surface area contributed by atoms with Crippen molar-refractivity contribution in [3.05, 3.63) is 182 Å². The molecule has 23 heteroatoms. The highest BCUT2D eigenvalue weighted by Crippen LogP contribution is 2.31. The number of carbonyl (C=O) groups is 1. The second kappa shape index (κ2) is 19.4. The van der Waals surface area contributed by atoms with Gasteiger partial charge in [0.05, 0.1) is 0 Å². The first kappa shape index (κ1) is 49.6. The molecule has 2 nitrogen and oxygen atoms in total. The number of pyridine rings is 1. The Bertz CT molecular complexity index is 2440. The maximum atomic E-state index is 15.4. The highest BCUT2D eigenvalue weighted by Gasteiger charge is 2.52. The lowest BCUT2D eigenvalue weighted by molar-refractivity contribution is -0.683. The Hall–Kier alpha value is -6.42. The average molecular weight is 947 g/mol. The Kier molecular flexibility index (Phi) is 14.8. The number of halogens is 20. The molecular formula is C42H22BF20NO. The number of carbonyl (C=O) groups excluding carboxylic acids is 1. The Morgan fingerprint density at radius 3 is 0.954 bits per heavy atom. The molecule has 0 N–H and O–H groups in total. The van der Waals surface area contributed by atoms with Crippen LogP contribution in [-0.4, -0.2) is 11.9 Å². The van der Waals surface area contributed by atoms with Gasteiger partial charge in [-0.05, 0) is 18.4 Å². The van der Waals surface area contributed by atoms with Crippen molar-refractivity contribution in [3.63, 3.8) is 0 Å². The highest BCUT2D eigenvalue weighted by atomic mass is 19.2. The predicted molar refractivity (Wildman–Crippen MR) is 190 cm³/mol. The van der Waals surface area contributed by atoms with E-state index in [1.807, 2.05) is 47.3 Å². The lowest BCUT2D eigenvalue weighted by Gasteiger charge is -2.44. The number of hydrogen-bond acceptors (Lipinski definition) is 1. The van der Waals surface area contributed by atoms with Gasteiger partial charge in [-0.15, -0.1) is 21.9 Å². The third-order valence-corrected chi connectivity index (χ3v) is 10.2. The highest BCUT2D eigenvalue weighted by molar-refractivity contribution is 7.20. The van der Waals surface area contributed by atoms with Crippen molar-refractivity contribution in [2.24, 2.45) is 0 Å². The molecule has 0 aliphatic heterocycles. The van der Waals surface area contributed by atoms with Crippen LogP contribution in [0.15, 0.2) is 54.9 Å². The van der Waals surface area contributed by atoms with Crippen LogP contribution in [0, 0.1) is 116 Å². The molecule has 344 valence electrons. The Balaban J connectivity index is 0.000000330. The minimum Gasteiger partial charge on any atom is -0.287 e. The lowest BCUT2D eigenvalue weighted by Crippen LogP contribution is -2.81. The monoisotopic (exact) mass is 947 g/mol. The molecule has 65 heavy (non-hydrogen) atoms. The number of unbranched alkanes of at least 4 members (excludes halogenated alkanes) is 2. The Morgan fingerprint density at radius 1 is 0.400 bits per heavy atom.